The summed E-state index contributed by atoms with van der Waals surface area (Å²) in [4.78, 5) is 0. The van der Waals surface area contributed by atoms with Crippen LogP contribution in [0.4, 0.5) is 0 Å². The second kappa shape index (κ2) is 6.63. The molecule has 0 aliphatic carbocycles. The first-order valence-corrected chi connectivity index (χ1v) is 9.38. The monoisotopic (exact) mass is 396 g/mol. The molecular formula is C23H18Cl2O2. The molecule has 0 bridgehead atoms. The summed E-state index contributed by atoms with van der Waals surface area (Å²) in [5, 5.41) is 12.5. The first-order chi connectivity index (χ1) is 12.9. The maximum Gasteiger partial charge on any atom is 0.138 e. The van der Waals surface area contributed by atoms with Gasteiger partial charge in [0.2, 0.25) is 0 Å². The normalized spacial score (nSPS) is 11.9. The molecule has 0 atom stereocenters. The molecule has 1 heterocycles. The van der Waals surface area contributed by atoms with E-state index in [1.807, 2.05) is 24.3 Å². The lowest BCUT2D eigenvalue weighted by Crippen LogP contribution is -2.18. The zero-order valence-corrected chi connectivity index (χ0v) is 16.5. The Balaban J connectivity index is 1.87. The van der Waals surface area contributed by atoms with Crippen molar-refractivity contribution < 1.29 is 9.52 Å². The zero-order valence-electron chi connectivity index (χ0n) is 15.0. The van der Waals surface area contributed by atoms with Crippen LogP contribution in [0.2, 0.25) is 10.0 Å². The smallest absolute Gasteiger partial charge is 0.138 e. The van der Waals surface area contributed by atoms with Gasteiger partial charge in [-0.15, -0.1) is 0 Å². The Hall–Kier alpha value is -2.42. The van der Waals surface area contributed by atoms with Crippen LogP contribution >= 0.6 is 23.2 Å². The van der Waals surface area contributed by atoms with Crippen LogP contribution < -0.4 is 0 Å². The van der Waals surface area contributed by atoms with E-state index in [4.69, 9.17) is 27.6 Å². The van der Waals surface area contributed by atoms with Gasteiger partial charge in [0.1, 0.15) is 11.3 Å². The number of fused-ring (bicyclic) bond motifs is 1. The topological polar surface area (TPSA) is 33.4 Å². The maximum atomic E-state index is 10.8. The summed E-state index contributed by atoms with van der Waals surface area (Å²) >= 11 is 12.3. The van der Waals surface area contributed by atoms with Crippen molar-refractivity contribution >= 4 is 34.2 Å². The van der Waals surface area contributed by atoms with Gasteiger partial charge in [0.05, 0.1) is 11.6 Å². The molecule has 1 N–H and O–H groups in total. The molecule has 1 aromatic heterocycles. The first-order valence-electron chi connectivity index (χ1n) is 8.63. The predicted octanol–water partition coefficient (Wildman–Crippen LogP) is 7.44. The Morgan fingerprint density at radius 2 is 1.52 bits per heavy atom. The highest BCUT2D eigenvalue weighted by Crippen LogP contribution is 2.42. The molecule has 3 aromatic carbocycles. The Labute approximate surface area is 168 Å². The Kier molecular flexibility index (Phi) is 4.41. The van der Waals surface area contributed by atoms with Gasteiger partial charge in [0, 0.05) is 21.0 Å². The fraction of sp³-hybridized carbons (Fsp3) is 0.130. The van der Waals surface area contributed by atoms with E-state index in [0.29, 0.717) is 21.0 Å². The van der Waals surface area contributed by atoms with Crippen LogP contribution in [0.3, 0.4) is 0 Å². The molecule has 2 nitrogen and oxygen atoms in total. The Morgan fingerprint density at radius 3 is 2.19 bits per heavy atom. The largest absolute Gasteiger partial charge is 0.507 e. The summed E-state index contributed by atoms with van der Waals surface area (Å²) in [5.74, 6) is 0.173. The number of halogens is 2. The van der Waals surface area contributed by atoms with Crippen molar-refractivity contribution in [3.63, 3.8) is 0 Å². The molecule has 0 fully saturated rings. The summed E-state index contributed by atoms with van der Waals surface area (Å²) in [6, 6.07) is 19.3. The van der Waals surface area contributed by atoms with E-state index in [1.165, 1.54) is 0 Å². The van der Waals surface area contributed by atoms with Gasteiger partial charge >= 0.3 is 0 Å². The number of hydrogen-bond acceptors (Lipinski definition) is 2. The second-order valence-electron chi connectivity index (χ2n) is 7.17. The minimum atomic E-state index is -0.279. The van der Waals surface area contributed by atoms with Crippen molar-refractivity contribution in [2.75, 3.05) is 0 Å². The molecule has 0 unspecified atom stereocenters. The average molecular weight is 397 g/mol. The molecule has 0 aliphatic heterocycles. The highest BCUT2D eigenvalue weighted by Gasteiger charge is 2.26. The molecule has 4 heteroatoms. The van der Waals surface area contributed by atoms with Crippen molar-refractivity contribution in [2.45, 2.75) is 19.3 Å². The van der Waals surface area contributed by atoms with Crippen molar-refractivity contribution in [1.29, 1.82) is 0 Å². The van der Waals surface area contributed by atoms with Gasteiger partial charge in [-0.2, -0.15) is 0 Å². The lowest BCUT2D eigenvalue weighted by Gasteiger charge is -2.26. The molecule has 0 radical (unpaired) electrons. The first kappa shape index (κ1) is 18.0. The van der Waals surface area contributed by atoms with Crippen molar-refractivity contribution in [2.24, 2.45) is 0 Å². The van der Waals surface area contributed by atoms with Gasteiger partial charge in [-0.25, -0.2) is 0 Å². The molecule has 136 valence electrons. The van der Waals surface area contributed by atoms with Crippen molar-refractivity contribution in [3.05, 3.63) is 88.1 Å². The second-order valence-corrected chi connectivity index (χ2v) is 8.04. The van der Waals surface area contributed by atoms with Crippen LogP contribution in [0.5, 0.6) is 5.75 Å². The van der Waals surface area contributed by atoms with Crippen LogP contribution in [0, 0.1) is 0 Å². The summed E-state index contributed by atoms with van der Waals surface area (Å²) in [6.07, 6.45) is 1.63. The van der Waals surface area contributed by atoms with Gasteiger partial charge in [-0.05, 0) is 47.0 Å². The average Bonchev–Trinajstić information content (AvgIpc) is 3.06. The standard InChI is InChI=1S/C23H18Cl2O2/c1-23(2,15-6-4-3-5-7-15)16-10-20(26)22-19(13-27-21(22)11-16)14-8-17(24)12-18(25)9-14/h3-13,26H,1-2H3. The summed E-state index contributed by atoms with van der Waals surface area (Å²) < 4.78 is 5.79. The summed E-state index contributed by atoms with van der Waals surface area (Å²) in [6.45, 7) is 4.26. The zero-order chi connectivity index (χ0) is 19.2. The number of phenols is 1. The fourth-order valence-corrected chi connectivity index (χ4v) is 3.98. The SMILES string of the molecule is CC(C)(c1ccccc1)c1cc(O)c2c(-c3cc(Cl)cc(Cl)c3)coc2c1. The minimum absolute atomic E-state index is 0.173. The van der Waals surface area contributed by atoms with Gasteiger partial charge in [0.25, 0.3) is 0 Å². The maximum absolute atomic E-state index is 10.8. The van der Waals surface area contributed by atoms with Crippen LogP contribution in [0.15, 0.2) is 71.3 Å². The van der Waals surface area contributed by atoms with Crippen LogP contribution in [0.1, 0.15) is 25.0 Å². The number of phenolic OH excluding ortho intramolecular Hbond substituents is 1. The van der Waals surface area contributed by atoms with Crippen LogP contribution in [-0.4, -0.2) is 5.11 Å². The lowest BCUT2D eigenvalue weighted by molar-refractivity contribution is 0.478. The van der Waals surface area contributed by atoms with E-state index in [1.54, 1.807) is 30.5 Å². The molecule has 0 saturated carbocycles. The molecule has 0 amide bonds. The predicted molar refractivity (Wildman–Crippen MR) is 112 cm³/mol. The van der Waals surface area contributed by atoms with Crippen molar-refractivity contribution in [3.8, 4) is 16.9 Å². The van der Waals surface area contributed by atoms with E-state index >= 15 is 0 Å². The van der Waals surface area contributed by atoms with E-state index < -0.39 is 0 Å². The lowest BCUT2D eigenvalue weighted by atomic mass is 9.78. The van der Waals surface area contributed by atoms with Gasteiger partial charge in [0.15, 0.2) is 0 Å². The number of aromatic hydroxyl groups is 1. The van der Waals surface area contributed by atoms with E-state index in [-0.39, 0.29) is 11.2 Å². The molecule has 4 rings (SSSR count). The Bertz CT molecular complexity index is 1110. The molecule has 4 aromatic rings. The molecule has 27 heavy (non-hydrogen) atoms. The number of rotatable bonds is 3. The molecule has 0 aliphatic rings. The number of hydrogen-bond donors (Lipinski definition) is 1. The highest BCUT2D eigenvalue weighted by atomic mass is 35.5. The quantitative estimate of drug-likeness (QED) is 0.390. The molecule has 0 saturated heterocycles. The number of benzene rings is 3. The van der Waals surface area contributed by atoms with E-state index in [2.05, 4.69) is 26.0 Å². The molecular weight excluding hydrogens is 379 g/mol. The van der Waals surface area contributed by atoms with Crippen molar-refractivity contribution in [1.82, 2.24) is 0 Å². The van der Waals surface area contributed by atoms with Gasteiger partial charge < -0.3 is 9.52 Å². The third kappa shape index (κ3) is 3.20. The third-order valence-electron chi connectivity index (χ3n) is 5.05. The third-order valence-corrected chi connectivity index (χ3v) is 5.48. The van der Waals surface area contributed by atoms with Gasteiger partial charge in [-0.3, -0.25) is 0 Å². The summed E-state index contributed by atoms with van der Waals surface area (Å²) in [7, 11) is 0. The van der Waals surface area contributed by atoms with Crippen LogP contribution in [0.25, 0.3) is 22.1 Å². The Morgan fingerprint density at radius 1 is 0.852 bits per heavy atom. The highest BCUT2D eigenvalue weighted by molar-refractivity contribution is 6.35. The number of furan rings is 1. The van der Waals surface area contributed by atoms with E-state index in [0.717, 1.165) is 22.3 Å². The fourth-order valence-electron chi connectivity index (χ4n) is 3.45. The van der Waals surface area contributed by atoms with Gasteiger partial charge in [-0.1, -0.05) is 67.4 Å². The van der Waals surface area contributed by atoms with E-state index in [9.17, 15) is 5.11 Å². The minimum Gasteiger partial charge on any atom is -0.507 e. The molecule has 0 spiro atoms. The summed E-state index contributed by atoms with van der Waals surface area (Å²) in [5.41, 5.74) is 4.05. The van der Waals surface area contributed by atoms with Crippen LogP contribution in [-0.2, 0) is 5.41 Å².